The van der Waals surface area contributed by atoms with E-state index in [2.05, 4.69) is 12.1 Å². The second-order valence-electron chi connectivity index (χ2n) is 5.17. The number of carbonyl (C=O) groups excluding carboxylic acids is 1. The van der Waals surface area contributed by atoms with Crippen molar-refractivity contribution in [3.8, 4) is 5.75 Å². The van der Waals surface area contributed by atoms with Crippen LogP contribution >= 0.6 is 0 Å². The van der Waals surface area contributed by atoms with Crippen LogP contribution in [0.4, 0.5) is 0 Å². The van der Waals surface area contributed by atoms with Crippen molar-refractivity contribution >= 4 is 5.97 Å². The molecular weight excluding hydrogens is 244 g/mol. The van der Waals surface area contributed by atoms with E-state index in [9.17, 15) is 4.79 Å². The Labute approximate surface area is 113 Å². The Balaban J connectivity index is 2.36. The minimum atomic E-state index is -0.241. The lowest BCUT2D eigenvalue weighted by Gasteiger charge is -2.41. The molecule has 0 aliphatic carbocycles. The Kier molecular flexibility index (Phi) is 3.80. The predicted molar refractivity (Wildman–Crippen MR) is 71.6 cm³/mol. The van der Waals surface area contributed by atoms with Crippen molar-refractivity contribution in [3.63, 3.8) is 0 Å². The van der Waals surface area contributed by atoms with Crippen LogP contribution in [0.1, 0.15) is 23.1 Å². The van der Waals surface area contributed by atoms with E-state index in [0.29, 0.717) is 19.6 Å². The van der Waals surface area contributed by atoms with Crippen LogP contribution in [0.25, 0.3) is 0 Å². The summed E-state index contributed by atoms with van der Waals surface area (Å²) in [6, 6.07) is 4.16. The maximum atomic E-state index is 11.6. The SMILES string of the molecule is COC(=O)CC1(c2cc(C)c(OC)c(C)c2)COC1. The Morgan fingerprint density at radius 2 is 1.84 bits per heavy atom. The fourth-order valence-corrected chi connectivity index (χ4v) is 2.65. The van der Waals surface area contributed by atoms with Gasteiger partial charge in [0.1, 0.15) is 5.75 Å². The molecule has 0 spiro atoms. The van der Waals surface area contributed by atoms with E-state index in [1.165, 1.54) is 7.11 Å². The Morgan fingerprint density at radius 1 is 1.26 bits per heavy atom. The van der Waals surface area contributed by atoms with E-state index in [4.69, 9.17) is 14.2 Å². The van der Waals surface area contributed by atoms with Gasteiger partial charge in [-0.2, -0.15) is 0 Å². The zero-order chi connectivity index (χ0) is 14.0. The molecule has 1 aliphatic rings. The van der Waals surface area contributed by atoms with Crippen LogP contribution in [0, 0.1) is 13.8 Å². The average Bonchev–Trinajstić information content (AvgIpc) is 2.33. The highest BCUT2D eigenvalue weighted by molar-refractivity contribution is 5.72. The van der Waals surface area contributed by atoms with Gasteiger partial charge in [0.15, 0.2) is 0 Å². The topological polar surface area (TPSA) is 44.8 Å². The highest BCUT2D eigenvalue weighted by Gasteiger charge is 2.43. The molecule has 1 saturated heterocycles. The van der Waals surface area contributed by atoms with Crippen LogP contribution < -0.4 is 4.74 Å². The fraction of sp³-hybridized carbons (Fsp3) is 0.533. The molecule has 0 radical (unpaired) electrons. The second kappa shape index (κ2) is 5.21. The van der Waals surface area contributed by atoms with Crippen LogP contribution in [-0.2, 0) is 19.7 Å². The summed E-state index contributed by atoms with van der Waals surface area (Å²) in [5, 5.41) is 0. The smallest absolute Gasteiger partial charge is 0.306 e. The summed E-state index contributed by atoms with van der Waals surface area (Å²) in [7, 11) is 3.09. The van der Waals surface area contributed by atoms with E-state index < -0.39 is 0 Å². The monoisotopic (exact) mass is 264 g/mol. The number of hydrogen-bond donors (Lipinski definition) is 0. The quantitative estimate of drug-likeness (QED) is 0.782. The molecule has 19 heavy (non-hydrogen) atoms. The van der Waals surface area contributed by atoms with Crippen LogP contribution in [0.2, 0.25) is 0 Å². The van der Waals surface area contributed by atoms with Crippen LogP contribution in [0.3, 0.4) is 0 Å². The summed E-state index contributed by atoms with van der Waals surface area (Å²) in [6.45, 7) is 5.15. The fourth-order valence-electron chi connectivity index (χ4n) is 2.65. The normalized spacial score (nSPS) is 16.6. The highest BCUT2D eigenvalue weighted by atomic mass is 16.5. The molecule has 104 valence electrons. The third kappa shape index (κ3) is 2.45. The lowest BCUT2D eigenvalue weighted by Crippen LogP contribution is -2.48. The molecule has 1 fully saturated rings. The van der Waals surface area contributed by atoms with Gasteiger partial charge < -0.3 is 14.2 Å². The number of benzene rings is 1. The molecule has 0 aromatic heterocycles. The molecule has 0 unspecified atom stereocenters. The van der Waals surface area contributed by atoms with E-state index in [1.807, 2.05) is 13.8 Å². The minimum Gasteiger partial charge on any atom is -0.496 e. The van der Waals surface area contributed by atoms with Crippen LogP contribution in [-0.4, -0.2) is 33.4 Å². The number of rotatable bonds is 4. The first-order valence-electron chi connectivity index (χ1n) is 6.33. The predicted octanol–water partition coefficient (Wildman–Crippen LogP) is 2.14. The van der Waals surface area contributed by atoms with Crippen molar-refractivity contribution in [2.24, 2.45) is 0 Å². The lowest BCUT2D eigenvalue weighted by atomic mass is 9.75. The molecule has 0 atom stereocenters. The first-order valence-corrected chi connectivity index (χ1v) is 6.33. The molecule has 2 rings (SSSR count). The van der Waals surface area contributed by atoms with Gasteiger partial charge in [-0.25, -0.2) is 0 Å². The molecule has 1 aromatic rings. The first kappa shape index (κ1) is 13.9. The summed E-state index contributed by atoms with van der Waals surface area (Å²) < 4.78 is 15.5. The van der Waals surface area contributed by atoms with Crippen LogP contribution in [0.15, 0.2) is 12.1 Å². The van der Waals surface area contributed by atoms with Gasteiger partial charge in [-0.3, -0.25) is 4.79 Å². The minimum absolute atomic E-state index is 0.200. The lowest BCUT2D eigenvalue weighted by molar-refractivity contribution is -0.148. The molecular formula is C15H20O4. The van der Waals surface area contributed by atoms with Gasteiger partial charge in [-0.15, -0.1) is 0 Å². The van der Waals surface area contributed by atoms with Gasteiger partial charge in [-0.05, 0) is 30.5 Å². The molecule has 1 aliphatic heterocycles. The summed E-state index contributed by atoms with van der Waals surface area (Å²) in [5.74, 6) is 0.701. The summed E-state index contributed by atoms with van der Waals surface area (Å²) in [4.78, 5) is 11.6. The molecule has 1 aromatic carbocycles. The number of hydrogen-bond acceptors (Lipinski definition) is 4. The van der Waals surface area contributed by atoms with Gasteiger partial charge in [0, 0.05) is 0 Å². The Morgan fingerprint density at radius 3 is 2.21 bits per heavy atom. The summed E-state index contributed by atoms with van der Waals surface area (Å²) in [5.41, 5.74) is 3.04. The molecule has 0 saturated carbocycles. The van der Waals surface area contributed by atoms with E-state index in [0.717, 1.165) is 22.4 Å². The third-order valence-electron chi connectivity index (χ3n) is 3.74. The van der Waals surface area contributed by atoms with E-state index in [1.54, 1.807) is 7.11 Å². The standard InChI is InChI=1S/C15H20O4/c1-10-5-12(6-11(2)14(10)18-4)15(8-19-9-15)7-13(16)17-3/h5-6H,7-9H2,1-4H3. The second-order valence-corrected chi connectivity index (χ2v) is 5.17. The molecule has 4 nitrogen and oxygen atoms in total. The number of carbonyl (C=O) groups is 1. The van der Waals surface area contributed by atoms with Crippen molar-refractivity contribution in [1.29, 1.82) is 0 Å². The van der Waals surface area contributed by atoms with Crippen molar-refractivity contribution < 1.29 is 19.0 Å². The Hall–Kier alpha value is -1.55. The van der Waals surface area contributed by atoms with Gasteiger partial charge in [-0.1, -0.05) is 12.1 Å². The maximum absolute atomic E-state index is 11.6. The summed E-state index contributed by atoms with van der Waals surface area (Å²) >= 11 is 0. The molecule has 1 heterocycles. The van der Waals surface area contributed by atoms with E-state index in [-0.39, 0.29) is 11.4 Å². The van der Waals surface area contributed by atoms with Crippen LogP contribution in [0.5, 0.6) is 5.75 Å². The largest absolute Gasteiger partial charge is 0.496 e. The van der Waals surface area contributed by atoms with Crippen molar-refractivity contribution in [1.82, 2.24) is 0 Å². The van der Waals surface area contributed by atoms with Crippen molar-refractivity contribution in [2.75, 3.05) is 27.4 Å². The maximum Gasteiger partial charge on any atom is 0.306 e. The average molecular weight is 264 g/mol. The molecule has 4 heteroatoms. The number of ether oxygens (including phenoxy) is 3. The van der Waals surface area contributed by atoms with Gasteiger partial charge in [0.05, 0.1) is 39.3 Å². The zero-order valence-electron chi connectivity index (χ0n) is 11.9. The van der Waals surface area contributed by atoms with E-state index >= 15 is 0 Å². The van der Waals surface area contributed by atoms with Gasteiger partial charge in [0.2, 0.25) is 0 Å². The highest BCUT2D eigenvalue weighted by Crippen LogP contribution is 2.39. The zero-order valence-corrected chi connectivity index (χ0v) is 11.9. The molecule has 0 bridgehead atoms. The molecule has 0 N–H and O–H groups in total. The third-order valence-corrected chi connectivity index (χ3v) is 3.74. The van der Waals surface area contributed by atoms with Crippen molar-refractivity contribution in [2.45, 2.75) is 25.7 Å². The van der Waals surface area contributed by atoms with Gasteiger partial charge >= 0.3 is 5.97 Å². The number of esters is 1. The first-order chi connectivity index (χ1) is 9.02. The number of methoxy groups -OCH3 is 2. The number of aryl methyl sites for hydroxylation is 2. The Bertz CT molecular complexity index is 466. The van der Waals surface area contributed by atoms with Crippen molar-refractivity contribution in [3.05, 3.63) is 28.8 Å². The summed E-state index contributed by atoms with van der Waals surface area (Å²) in [6.07, 6.45) is 0.356. The van der Waals surface area contributed by atoms with Gasteiger partial charge in [0.25, 0.3) is 0 Å². The molecule has 0 amide bonds.